The average molecular weight is 594 g/mol. The molecule has 9 nitrogen and oxygen atoms in total. The maximum atomic E-state index is 13.7. The van der Waals surface area contributed by atoms with Gasteiger partial charge in [0.2, 0.25) is 5.91 Å². The Hall–Kier alpha value is -4.63. The summed E-state index contributed by atoms with van der Waals surface area (Å²) in [5, 5.41) is 14.0. The highest BCUT2D eigenvalue weighted by Gasteiger charge is 2.29. The first-order chi connectivity index (χ1) is 21.6. The number of aromatic nitrogens is 4. The molecule has 228 valence electrons. The molecule has 3 aromatic carbocycles. The van der Waals surface area contributed by atoms with Crippen molar-refractivity contribution >= 4 is 16.8 Å². The van der Waals surface area contributed by atoms with Gasteiger partial charge in [-0.15, -0.1) is 10.2 Å². The smallest absolute Gasteiger partial charge is 0.223 e. The first kappa shape index (κ1) is 29.4. The van der Waals surface area contributed by atoms with Gasteiger partial charge < -0.3 is 29.1 Å². The standard InChI is InChI=1S/C35H39N5O4/c1-42-28-14-13-26(32(21-28)43-2)23-40-33(15-12-24-8-4-3-5-9-24)38-39-34(40)31(37-35(41)25-16-18-44-19-17-25)20-27-22-36-30-11-7-6-10-29(27)30/h3-11,13-14,21-22,25,31,36H,12,15-20,23H2,1-2H3,(H,37,41)/t31-/m1/s1. The number of hydrogen-bond acceptors (Lipinski definition) is 6. The van der Waals surface area contributed by atoms with E-state index >= 15 is 0 Å². The first-order valence-corrected chi connectivity index (χ1v) is 15.2. The maximum Gasteiger partial charge on any atom is 0.223 e. The van der Waals surface area contributed by atoms with Crippen LogP contribution in [-0.2, 0) is 35.3 Å². The molecular formula is C35H39N5O4. The second kappa shape index (κ2) is 13.8. The minimum Gasteiger partial charge on any atom is -0.497 e. The monoisotopic (exact) mass is 593 g/mol. The molecule has 0 saturated carbocycles. The molecule has 1 atom stereocenters. The number of carbonyl (C=O) groups excluding carboxylic acids is 1. The first-order valence-electron chi connectivity index (χ1n) is 15.2. The summed E-state index contributed by atoms with van der Waals surface area (Å²) in [6.07, 6.45) is 5.54. The van der Waals surface area contributed by atoms with Gasteiger partial charge in [-0.1, -0.05) is 48.5 Å². The van der Waals surface area contributed by atoms with E-state index in [-0.39, 0.29) is 11.8 Å². The van der Waals surface area contributed by atoms with Gasteiger partial charge in [0.1, 0.15) is 17.3 Å². The molecule has 6 rings (SSSR count). The van der Waals surface area contributed by atoms with E-state index in [1.54, 1.807) is 14.2 Å². The number of benzene rings is 3. The van der Waals surface area contributed by atoms with Crippen LogP contribution >= 0.6 is 0 Å². The molecule has 2 aromatic heterocycles. The molecule has 0 radical (unpaired) electrons. The van der Waals surface area contributed by atoms with Crippen LogP contribution in [0.3, 0.4) is 0 Å². The minimum atomic E-state index is -0.397. The molecule has 5 aromatic rings. The molecule has 3 heterocycles. The van der Waals surface area contributed by atoms with E-state index in [1.807, 2.05) is 42.6 Å². The number of aryl methyl sites for hydroxylation is 2. The Morgan fingerprint density at radius 2 is 1.77 bits per heavy atom. The number of fused-ring (bicyclic) bond motifs is 1. The van der Waals surface area contributed by atoms with E-state index in [2.05, 4.69) is 51.3 Å². The van der Waals surface area contributed by atoms with Crippen molar-refractivity contribution in [1.82, 2.24) is 25.1 Å². The van der Waals surface area contributed by atoms with E-state index in [1.165, 1.54) is 5.56 Å². The van der Waals surface area contributed by atoms with Crippen LogP contribution < -0.4 is 14.8 Å². The van der Waals surface area contributed by atoms with Crippen molar-refractivity contribution in [3.05, 3.63) is 107 Å². The summed E-state index contributed by atoms with van der Waals surface area (Å²) in [4.78, 5) is 17.1. The number of methoxy groups -OCH3 is 2. The molecule has 0 bridgehead atoms. The van der Waals surface area contributed by atoms with Gasteiger partial charge in [-0.2, -0.15) is 0 Å². The van der Waals surface area contributed by atoms with Gasteiger partial charge in [-0.25, -0.2) is 0 Å². The van der Waals surface area contributed by atoms with Crippen molar-refractivity contribution in [2.24, 2.45) is 5.92 Å². The third-order valence-corrected chi connectivity index (χ3v) is 8.48. The number of carbonyl (C=O) groups is 1. The fourth-order valence-electron chi connectivity index (χ4n) is 5.99. The highest BCUT2D eigenvalue weighted by Crippen LogP contribution is 2.29. The van der Waals surface area contributed by atoms with Crippen LogP contribution in [0.15, 0.2) is 79.0 Å². The normalized spacial score (nSPS) is 14.4. The van der Waals surface area contributed by atoms with E-state index in [4.69, 9.17) is 24.4 Å². The SMILES string of the molecule is COc1ccc(Cn2c(CCc3ccccc3)nnc2[C@@H](Cc2c[nH]c3ccccc23)NC(=O)C2CCOCC2)c(OC)c1. The average Bonchev–Trinajstić information content (AvgIpc) is 3.68. The number of para-hydroxylation sites is 1. The van der Waals surface area contributed by atoms with Gasteiger partial charge in [0.15, 0.2) is 5.82 Å². The summed E-state index contributed by atoms with van der Waals surface area (Å²) in [6, 6.07) is 24.0. The van der Waals surface area contributed by atoms with Crippen LogP contribution in [0.2, 0.25) is 0 Å². The van der Waals surface area contributed by atoms with Gasteiger partial charge in [0, 0.05) is 60.7 Å². The lowest BCUT2D eigenvalue weighted by molar-refractivity contribution is -0.128. The number of ether oxygens (including phenoxy) is 3. The third-order valence-electron chi connectivity index (χ3n) is 8.48. The Labute approximate surface area is 257 Å². The Bertz CT molecular complexity index is 1690. The lowest BCUT2D eigenvalue weighted by Gasteiger charge is -2.25. The van der Waals surface area contributed by atoms with Crippen molar-refractivity contribution in [1.29, 1.82) is 0 Å². The Morgan fingerprint density at radius 3 is 2.57 bits per heavy atom. The zero-order valence-electron chi connectivity index (χ0n) is 25.3. The molecule has 1 aliphatic heterocycles. The lowest BCUT2D eigenvalue weighted by Crippen LogP contribution is -2.38. The zero-order chi connectivity index (χ0) is 30.3. The number of aromatic amines is 1. The maximum absolute atomic E-state index is 13.7. The molecule has 1 amide bonds. The molecule has 1 aliphatic rings. The van der Waals surface area contributed by atoms with Crippen molar-refractivity contribution in [2.45, 2.75) is 44.7 Å². The number of rotatable bonds is 12. The highest BCUT2D eigenvalue weighted by atomic mass is 16.5. The predicted molar refractivity (Wildman–Crippen MR) is 169 cm³/mol. The van der Waals surface area contributed by atoms with E-state index < -0.39 is 6.04 Å². The van der Waals surface area contributed by atoms with E-state index in [9.17, 15) is 4.79 Å². The topological polar surface area (TPSA) is 103 Å². The predicted octanol–water partition coefficient (Wildman–Crippen LogP) is 5.44. The lowest BCUT2D eigenvalue weighted by atomic mass is 9.97. The van der Waals surface area contributed by atoms with Gasteiger partial charge in [-0.05, 0) is 48.6 Å². The van der Waals surface area contributed by atoms with Gasteiger partial charge >= 0.3 is 0 Å². The molecule has 0 spiro atoms. The number of hydrogen-bond donors (Lipinski definition) is 2. The largest absolute Gasteiger partial charge is 0.497 e. The second-order valence-electron chi connectivity index (χ2n) is 11.2. The Kier molecular flexibility index (Phi) is 9.22. The van der Waals surface area contributed by atoms with Gasteiger partial charge in [0.05, 0.1) is 26.8 Å². The second-order valence-corrected chi connectivity index (χ2v) is 11.2. The molecule has 44 heavy (non-hydrogen) atoms. The van der Waals surface area contributed by atoms with Crippen LogP contribution in [0.25, 0.3) is 10.9 Å². The summed E-state index contributed by atoms with van der Waals surface area (Å²) in [7, 11) is 3.31. The van der Waals surface area contributed by atoms with Crippen LogP contribution in [0.5, 0.6) is 11.5 Å². The van der Waals surface area contributed by atoms with Crippen molar-refractivity contribution < 1.29 is 19.0 Å². The summed E-state index contributed by atoms with van der Waals surface area (Å²) in [6.45, 7) is 1.68. The molecule has 0 aliphatic carbocycles. The number of nitrogens with one attached hydrogen (secondary N) is 2. The molecular weight excluding hydrogens is 554 g/mol. The summed E-state index contributed by atoms with van der Waals surface area (Å²) >= 11 is 0. The molecule has 9 heteroatoms. The van der Waals surface area contributed by atoms with Gasteiger partial charge in [-0.3, -0.25) is 4.79 Å². The van der Waals surface area contributed by atoms with Crippen molar-refractivity contribution in [3.63, 3.8) is 0 Å². The van der Waals surface area contributed by atoms with Crippen LogP contribution in [0.1, 0.15) is 47.2 Å². The van der Waals surface area contributed by atoms with Crippen LogP contribution in [0, 0.1) is 5.92 Å². The zero-order valence-corrected chi connectivity index (χ0v) is 25.3. The summed E-state index contributed by atoms with van der Waals surface area (Å²) < 4.78 is 18.9. The Balaban J connectivity index is 1.39. The Morgan fingerprint density at radius 1 is 0.977 bits per heavy atom. The number of H-pyrrole nitrogens is 1. The highest BCUT2D eigenvalue weighted by molar-refractivity contribution is 5.83. The van der Waals surface area contributed by atoms with Crippen molar-refractivity contribution in [3.8, 4) is 11.5 Å². The quantitative estimate of drug-likeness (QED) is 0.200. The van der Waals surface area contributed by atoms with E-state index in [0.29, 0.717) is 45.4 Å². The molecule has 1 saturated heterocycles. The summed E-state index contributed by atoms with van der Waals surface area (Å²) in [5.74, 6) is 2.95. The summed E-state index contributed by atoms with van der Waals surface area (Å²) in [5.41, 5.74) is 4.37. The van der Waals surface area contributed by atoms with Crippen LogP contribution in [-0.4, -0.2) is 53.1 Å². The van der Waals surface area contributed by atoms with Gasteiger partial charge in [0.25, 0.3) is 0 Å². The number of nitrogens with zero attached hydrogens (tertiary/aromatic N) is 3. The third kappa shape index (κ3) is 6.63. The fraction of sp³-hybridized carbons (Fsp3) is 0.343. The van der Waals surface area contributed by atoms with Crippen molar-refractivity contribution in [2.75, 3.05) is 27.4 Å². The van der Waals surface area contributed by atoms with Crippen LogP contribution in [0.4, 0.5) is 0 Å². The minimum absolute atomic E-state index is 0.0283. The molecule has 2 N–H and O–H groups in total. The molecule has 1 fully saturated rings. The fourth-order valence-corrected chi connectivity index (χ4v) is 5.99. The van der Waals surface area contributed by atoms with E-state index in [0.717, 1.165) is 51.6 Å². The number of amides is 1. The molecule has 0 unspecified atom stereocenters.